The van der Waals surface area contributed by atoms with E-state index in [-0.39, 0.29) is 5.56 Å². The van der Waals surface area contributed by atoms with Crippen LogP contribution in [0, 0.1) is 0 Å². The van der Waals surface area contributed by atoms with Crippen LogP contribution < -0.4 is 10.0 Å². The van der Waals surface area contributed by atoms with Crippen molar-refractivity contribution in [2.45, 2.75) is 27.7 Å². The lowest BCUT2D eigenvalue weighted by molar-refractivity contribution is -0.519. The Morgan fingerprint density at radius 3 is 1.55 bits per heavy atom. The zero-order chi connectivity index (χ0) is 27.3. The Labute approximate surface area is 227 Å². The highest BCUT2D eigenvalue weighted by molar-refractivity contribution is 6.04. The molecule has 0 fully saturated rings. The minimum absolute atomic E-state index is 0.220. The van der Waals surface area contributed by atoms with Gasteiger partial charge in [-0.3, -0.25) is 0 Å². The van der Waals surface area contributed by atoms with Crippen LogP contribution in [0.2, 0.25) is 0 Å². The van der Waals surface area contributed by atoms with Crippen molar-refractivity contribution in [3.05, 3.63) is 131 Å². The number of hydrogen-bond acceptors (Lipinski definition) is 3. The lowest BCUT2D eigenvalue weighted by Gasteiger charge is -2.22. The topological polar surface area (TPSA) is 46.4 Å². The number of rotatable bonds is 8. The van der Waals surface area contributed by atoms with E-state index < -0.39 is 5.97 Å². The van der Waals surface area contributed by atoms with Gasteiger partial charge in [0.15, 0.2) is 5.71 Å². The Morgan fingerprint density at radius 2 is 1.13 bits per heavy atom. The maximum Gasteiger partial charge on any atom is 0.199 e. The summed E-state index contributed by atoms with van der Waals surface area (Å²) < 4.78 is 2.38. The lowest BCUT2D eigenvalue weighted by Crippen LogP contribution is -2.21. The third-order valence-corrected chi connectivity index (χ3v) is 6.64. The van der Waals surface area contributed by atoms with Crippen molar-refractivity contribution in [3.63, 3.8) is 0 Å². The molecule has 196 valence electrons. The Balaban J connectivity index is 0.000000375. The van der Waals surface area contributed by atoms with Gasteiger partial charge in [0.2, 0.25) is 0 Å². The fraction of sp³-hybridized carbons (Fsp3) is 0.235. The fourth-order valence-electron chi connectivity index (χ4n) is 4.53. The minimum atomic E-state index is -1.13. The molecule has 3 aromatic rings. The summed E-state index contributed by atoms with van der Waals surface area (Å²) in [4.78, 5) is 12.5. The summed E-state index contributed by atoms with van der Waals surface area (Å²) in [5, 5.41) is 10.1. The summed E-state index contributed by atoms with van der Waals surface area (Å²) in [6.07, 6.45) is 9.01. The standard InChI is InChI=1S/C27H33N2.C7H6O2/c1-5-28(6-2)25-18-14-23(15-19-25)27(22-12-10-9-11-13-22)24-16-20-26(21-17-24)29(7-3)8-4;8-7(9)6-4-2-1-3-5-6/h9-21H,5-8H2,1-4H3;1-5H,(H,8,9)/q+1;/p-1. The zero-order valence-corrected chi connectivity index (χ0v) is 22.9. The molecule has 4 nitrogen and oxygen atoms in total. The van der Waals surface area contributed by atoms with E-state index in [1.54, 1.807) is 18.2 Å². The highest BCUT2D eigenvalue weighted by atomic mass is 16.4. The maximum atomic E-state index is 10.1. The highest BCUT2D eigenvalue weighted by Crippen LogP contribution is 2.31. The molecule has 0 atom stereocenters. The van der Waals surface area contributed by atoms with Crippen LogP contribution in [-0.4, -0.2) is 42.4 Å². The molecule has 0 saturated carbocycles. The second-order valence-electron chi connectivity index (χ2n) is 8.83. The number of aromatic carboxylic acids is 1. The van der Waals surface area contributed by atoms with Crippen LogP contribution in [0.15, 0.2) is 115 Å². The molecule has 0 spiro atoms. The zero-order valence-electron chi connectivity index (χ0n) is 22.9. The Bertz CT molecular complexity index is 1270. The summed E-state index contributed by atoms with van der Waals surface area (Å²) >= 11 is 0. The van der Waals surface area contributed by atoms with Crippen LogP contribution in [0.25, 0.3) is 5.57 Å². The van der Waals surface area contributed by atoms with E-state index in [9.17, 15) is 9.90 Å². The van der Waals surface area contributed by atoms with Crippen molar-refractivity contribution in [1.29, 1.82) is 0 Å². The van der Waals surface area contributed by atoms with Gasteiger partial charge in [0, 0.05) is 30.9 Å². The smallest absolute Gasteiger partial charge is 0.199 e. The molecule has 3 aromatic carbocycles. The monoisotopic (exact) mass is 506 g/mol. The average molecular weight is 507 g/mol. The molecule has 0 bridgehead atoms. The van der Waals surface area contributed by atoms with Gasteiger partial charge < -0.3 is 14.8 Å². The Morgan fingerprint density at radius 1 is 0.658 bits per heavy atom. The number of carboxylic acid groups (broad SMARTS) is 1. The van der Waals surface area contributed by atoms with Crippen molar-refractivity contribution >= 4 is 22.9 Å². The van der Waals surface area contributed by atoms with Crippen LogP contribution >= 0.6 is 0 Å². The Kier molecular flexibility index (Phi) is 10.9. The number of allylic oxidation sites excluding steroid dienone is 5. The Hall–Kier alpha value is -4.18. The van der Waals surface area contributed by atoms with Crippen LogP contribution in [-0.2, 0) is 0 Å². The molecular weight excluding hydrogens is 468 g/mol. The summed E-state index contributed by atoms with van der Waals surface area (Å²) in [7, 11) is 0. The summed E-state index contributed by atoms with van der Waals surface area (Å²) in [5.74, 6) is -1.13. The highest BCUT2D eigenvalue weighted by Gasteiger charge is 2.14. The fourth-order valence-corrected chi connectivity index (χ4v) is 4.53. The number of benzene rings is 3. The van der Waals surface area contributed by atoms with Crippen molar-refractivity contribution < 1.29 is 14.5 Å². The van der Waals surface area contributed by atoms with Crippen molar-refractivity contribution in [3.8, 4) is 0 Å². The molecule has 0 saturated heterocycles. The van der Waals surface area contributed by atoms with Crippen molar-refractivity contribution in [1.82, 2.24) is 0 Å². The lowest BCUT2D eigenvalue weighted by atomic mass is 9.90. The molecule has 0 heterocycles. The number of carboxylic acids is 1. The van der Waals surface area contributed by atoms with Gasteiger partial charge in [-0.1, -0.05) is 72.8 Å². The van der Waals surface area contributed by atoms with Crippen LogP contribution in [0.4, 0.5) is 5.69 Å². The van der Waals surface area contributed by atoms with Crippen LogP contribution in [0.1, 0.15) is 49.2 Å². The van der Waals surface area contributed by atoms with E-state index in [4.69, 9.17) is 0 Å². The predicted octanol–water partition coefficient (Wildman–Crippen LogP) is 6.00. The molecule has 4 heteroatoms. The first-order valence-corrected chi connectivity index (χ1v) is 13.4. The first kappa shape index (κ1) is 28.4. The molecule has 0 N–H and O–H groups in total. The van der Waals surface area contributed by atoms with Gasteiger partial charge in [0.05, 0.1) is 5.97 Å². The molecular formula is C34H38N2O2. The quantitative estimate of drug-likeness (QED) is 0.352. The first-order valence-electron chi connectivity index (χ1n) is 13.4. The SMILES string of the molecule is CCN(CC)c1ccc(C(=C2C=CC(=[N+](CC)CC)C=C2)c2ccccc2)cc1.O=C([O-])c1ccccc1. The maximum absolute atomic E-state index is 10.1. The average Bonchev–Trinajstić information content (AvgIpc) is 2.97. The second-order valence-corrected chi connectivity index (χ2v) is 8.83. The van der Waals surface area contributed by atoms with Gasteiger partial charge in [0.1, 0.15) is 13.1 Å². The van der Waals surface area contributed by atoms with Gasteiger partial charge >= 0.3 is 0 Å². The number of nitrogens with zero attached hydrogens (tertiary/aromatic N) is 2. The molecule has 4 rings (SSSR count). The third-order valence-electron chi connectivity index (χ3n) is 6.64. The van der Waals surface area contributed by atoms with E-state index in [0.29, 0.717) is 0 Å². The summed E-state index contributed by atoms with van der Waals surface area (Å²) in [5.41, 5.74) is 7.82. The molecule has 0 amide bonds. The number of anilines is 1. The number of hydrogen-bond donors (Lipinski definition) is 0. The predicted molar refractivity (Wildman–Crippen MR) is 158 cm³/mol. The molecule has 0 aliphatic heterocycles. The van der Waals surface area contributed by atoms with E-state index in [1.807, 2.05) is 0 Å². The molecule has 38 heavy (non-hydrogen) atoms. The number of carbonyl (C=O) groups excluding carboxylic acids is 1. The molecule has 1 aliphatic carbocycles. The molecule has 0 radical (unpaired) electrons. The summed E-state index contributed by atoms with van der Waals surface area (Å²) in [6, 6.07) is 27.8. The van der Waals surface area contributed by atoms with Gasteiger partial charge in [-0.05, 0) is 79.8 Å². The van der Waals surface area contributed by atoms with Crippen LogP contribution in [0.5, 0.6) is 0 Å². The molecule has 0 aromatic heterocycles. The van der Waals surface area contributed by atoms with Crippen LogP contribution in [0.3, 0.4) is 0 Å². The largest absolute Gasteiger partial charge is 0.545 e. The van der Waals surface area contributed by atoms with Gasteiger partial charge in [0.25, 0.3) is 0 Å². The molecule has 0 unspecified atom stereocenters. The van der Waals surface area contributed by atoms with E-state index in [1.165, 1.54) is 45.8 Å². The minimum Gasteiger partial charge on any atom is -0.545 e. The summed E-state index contributed by atoms with van der Waals surface area (Å²) in [6.45, 7) is 12.9. The van der Waals surface area contributed by atoms with Crippen molar-refractivity contribution in [2.24, 2.45) is 0 Å². The normalized spacial score (nSPS) is 12.0. The van der Waals surface area contributed by atoms with Gasteiger partial charge in [-0.25, -0.2) is 4.58 Å². The van der Waals surface area contributed by atoms with Gasteiger partial charge in [-0.15, -0.1) is 0 Å². The van der Waals surface area contributed by atoms with E-state index in [0.717, 1.165) is 26.2 Å². The van der Waals surface area contributed by atoms with E-state index >= 15 is 0 Å². The number of carbonyl (C=O) groups is 1. The van der Waals surface area contributed by atoms with E-state index in [2.05, 4.69) is 116 Å². The van der Waals surface area contributed by atoms with Gasteiger partial charge in [-0.2, -0.15) is 0 Å². The third kappa shape index (κ3) is 7.42. The van der Waals surface area contributed by atoms with Crippen molar-refractivity contribution in [2.75, 3.05) is 31.1 Å². The molecule has 1 aliphatic rings. The second kappa shape index (κ2) is 14.5. The first-order chi connectivity index (χ1) is 18.5.